The Balaban J connectivity index is 2.31. The number of unbranched alkanes of at least 4 members (excludes halogenated alkanes) is 28. The van der Waals surface area contributed by atoms with Crippen LogP contribution in [0.5, 0.6) is 0 Å². The molecule has 0 radical (unpaired) electrons. The van der Waals surface area contributed by atoms with Crippen molar-refractivity contribution < 1.29 is 56.2 Å². The number of carbonyl (C=O) groups excluding carboxylic acids is 1. The molecule has 6 atom stereocenters. The number of rotatable bonds is 47. The number of hydrogen-bond donors (Lipinski definition) is 4. The normalized spacial score (nSPS) is 19.8. The third-order valence-corrected chi connectivity index (χ3v) is 12.7. The van der Waals surface area contributed by atoms with E-state index in [-0.39, 0.29) is 19.6 Å². The minimum absolute atomic E-state index is 0.0315. The van der Waals surface area contributed by atoms with Crippen LogP contribution in [0.25, 0.3) is 0 Å². The fraction of sp³-hybridized carbons (Fsp3) is 0.868. The fourth-order valence-electron chi connectivity index (χ4n) is 8.17. The maximum atomic E-state index is 12.9. The van der Waals surface area contributed by atoms with E-state index < -0.39 is 59.8 Å². The van der Waals surface area contributed by atoms with Gasteiger partial charge in [0.1, 0.15) is 30.5 Å². The highest BCUT2D eigenvalue weighted by molar-refractivity contribution is 7.80. The quantitative estimate of drug-likeness (QED) is 0.0197. The lowest BCUT2D eigenvalue weighted by molar-refractivity contribution is -0.301. The SMILES string of the molecule is CCCCC/C=C\C/C=C\CCCCCCCC(=O)OC(COCCCCCCCCCCCCCC/C=C\CCCCCCCCCC)COC1OC(CO)C(O)C(OS(=O)(=O)O)C1O. The summed E-state index contributed by atoms with van der Waals surface area (Å²) in [5, 5.41) is 30.8. The second-order valence-corrected chi connectivity index (χ2v) is 19.5. The van der Waals surface area contributed by atoms with Crippen molar-refractivity contribution in [1.29, 1.82) is 0 Å². The molecule has 1 aliphatic rings. The molecule has 0 aromatic carbocycles. The zero-order valence-corrected chi connectivity index (χ0v) is 42.6. The summed E-state index contributed by atoms with van der Waals surface area (Å²) in [5.74, 6) is -0.411. The van der Waals surface area contributed by atoms with Crippen molar-refractivity contribution in [2.45, 2.75) is 269 Å². The average Bonchev–Trinajstić information content (AvgIpc) is 3.29. The van der Waals surface area contributed by atoms with Gasteiger partial charge < -0.3 is 34.3 Å². The molecule has 1 saturated heterocycles. The zero-order chi connectivity index (χ0) is 48.2. The van der Waals surface area contributed by atoms with E-state index in [0.29, 0.717) is 13.0 Å². The van der Waals surface area contributed by atoms with Gasteiger partial charge in [0.25, 0.3) is 0 Å². The molecular weight excluding hydrogens is 861 g/mol. The summed E-state index contributed by atoms with van der Waals surface area (Å²) in [4.78, 5) is 12.9. The van der Waals surface area contributed by atoms with E-state index >= 15 is 0 Å². The lowest BCUT2D eigenvalue weighted by Gasteiger charge is -2.41. The molecule has 0 saturated carbocycles. The van der Waals surface area contributed by atoms with Crippen LogP contribution in [0.4, 0.5) is 0 Å². The lowest BCUT2D eigenvalue weighted by Crippen LogP contribution is -2.60. The molecule has 4 N–H and O–H groups in total. The van der Waals surface area contributed by atoms with E-state index in [9.17, 15) is 33.1 Å². The minimum Gasteiger partial charge on any atom is -0.457 e. The molecule has 0 aromatic rings. The summed E-state index contributed by atoms with van der Waals surface area (Å²) in [6.07, 6.45) is 44.7. The standard InChI is InChI=1S/C53H98O12S/c1-3-5-7-9-11-13-15-17-19-20-21-22-23-24-25-26-27-29-31-33-35-37-39-41-43-61-45-47(46-62-53-51(57)52(65-66(58,59)60)50(56)48(44-54)64-53)63-49(55)42-40-38-36-34-32-30-28-18-16-14-12-10-8-6-4-2/h12,14,18,20-21,28,47-48,50-54,56-57H,3-11,13,15-17,19,22-27,29-46H2,1-2H3,(H,58,59,60)/b14-12-,21-20-,28-18-. The van der Waals surface area contributed by atoms with Crippen LogP contribution >= 0.6 is 0 Å². The van der Waals surface area contributed by atoms with E-state index in [1.165, 1.54) is 141 Å². The largest absolute Gasteiger partial charge is 0.457 e. The predicted molar refractivity (Wildman–Crippen MR) is 267 cm³/mol. The number of ether oxygens (including phenoxy) is 4. The maximum Gasteiger partial charge on any atom is 0.397 e. The average molecular weight is 959 g/mol. The fourth-order valence-corrected chi connectivity index (χ4v) is 8.68. The number of esters is 1. The number of aliphatic hydroxyl groups excluding tert-OH is 3. The van der Waals surface area contributed by atoms with Crippen LogP contribution in [-0.4, -0.2) is 97.5 Å². The number of allylic oxidation sites excluding steroid dienone is 6. The third-order valence-electron chi connectivity index (χ3n) is 12.2. The molecule has 1 fully saturated rings. The van der Waals surface area contributed by atoms with E-state index in [1.807, 2.05) is 0 Å². The first-order valence-corrected chi connectivity index (χ1v) is 28.1. The van der Waals surface area contributed by atoms with Crippen LogP contribution in [0, 0.1) is 0 Å². The molecule has 1 rings (SSSR count). The molecule has 388 valence electrons. The van der Waals surface area contributed by atoms with E-state index in [2.05, 4.69) is 54.5 Å². The molecule has 0 bridgehead atoms. The van der Waals surface area contributed by atoms with Crippen LogP contribution in [0.3, 0.4) is 0 Å². The Morgan fingerprint density at radius 3 is 1.48 bits per heavy atom. The second kappa shape index (κ2) is 44.5. The first-order valence-electron chi connectivity index (χ1n) is 26.7. The summed E-state index contributed by atoms with van der Waals surface area (Å²) >= 11 is 0. The Labute approximate surface area is 403 Å². The summed E-state index contributed by atoms with van der Waals surface area (Å²) in [6.45, 7) is 3.97. The number of hydrogen-bond acceptors (Lipinski definition) is 11. The topological polar surface area (TPSA) is 178 Å². The van der Waals surface area contributed by atoms with Gasteiger partial charge in [-0.3, -0.25) is 9.35 Å². The molecule has 13 heteroatoms. The van der Waals surface area contributed by atoms with Gasteiger partial charge in [0.2, 0.25) is 0 Å². The van der Waals surface area contributed by atoms with Crippen LogP contribution in [0.1, 0.15) is 232 Å². The van der Waals surface area contributed by atoms with Gasteiger partial charge in [-0.15, -0.1) is 0 Å². The minimum atomic E-state index is -5.07. The van der Waals surface area contributed by atoms with Gasteiger partial charge in [-0.2, -0.15) is 8.42 Å². The Morgan fingerprint density at radius 1 is 0.576 bits per heavy atom. The van der Waals surface area contributed by atoms with Crippen LogP contribution < -0.4 is 0 Å². The Kier molecular flexibility index (Phi) is 42.1. The molecule has 0 aromatic heterocycles. The second-order valence-electron chi connectivity index (χ2n) is 18.5. The van der Waals surface area contributed by atoms with Gasteiger partial charge in [0.15, 0.2) is 6.29 Å². The van der Waals surface area contributed by atoms with Crippen LogP contribution in [0.2, 0.25) is 0 Å². The number of aliphatic hydroxyl groups is 3. The Bertz CT molecular complexity index is 1290. The summed E-state index contributed by atoms with van der Waals surface area (Å²) in [6, 6.07) is 0. The molecule has 1 aliphatic heterocycles. The van der Waals surface area contributed by atoms with Gasteiger partial charge in [0.05, 0.1) is 19.8 Å². The first kappa shape index (κ1) is 62.3. The lowest BCUT2D eigenvalue weighted by atomic mass is 9.99. The van der Waals surface area contributed by atoms with Gasteiger partial charge in [0, 0.05) is 13.0 Å². The Morgan fingerprint density at radius 2 is 1.00 bits per heavy atom. The van der Waals surface area contributed by atoms with E-state index in [4.69, 9.17) is 18.9 Å². The van der Waals surface area contributed by atoms with Crippen molar-refractivity contribution in [3.63, 3.8) is 0 Å². The summed E-state index contributed by atoms with van der Waals surface area (Å²) in [5.41, 5.74) is 0. The third kappa shape index (κ3) is 37.2. The molecule has 6 unspecified atom stereocenters. The smallest absolute Gasteiger partial charge is 0.397 e. The van der Waals surface area contributed by atoms with Crippen LogP contribution in [-0.2, 0) is 38.3 Å². The van der Waals surface area contributed by atoms with Crippen molar-refractivity contribution in [3.05, 3.63) is 36.5 Å². The first-order chi connectivity index (χ1) is 32.1. The highest BCUT2D eigenvalue weighted by atomic mass is 32.3. The summed E-state index contributed by atoms with van der Waals surface area (Å²) in [7, 11) is -5.07. The van der Waals surface area contributed by atoms with Crippen molar-refractivity contribution in [1.82, 2.24) is 0 Å². The van der Waals surface area contributed by atoms with Crippen molar-refractivity contribution in [3.8, 4) is 0 Å². The molecule has 0 spiro atoms. The number of carbonyl (C=O) groups is 1. The molecule has 12 nitrogen and oxygen atoms in total. The van der Waals surface area contributed by atoms with Crippen LogP contribution in [0.15, 0.2) is 36.5 Å². The molecule has 66 heavy (non-hydrogen) atoms. The monoisotopic (exact) mass is 959 g/mol. The van der Waals surface area contributed by atoms with Gasteiger partial charge in [-0.25, -0.2) is 4.18 Å². The van der Waals surface area contributed by atoms with Crippen molar-refractivity contribution >= 4 is 16.4 Å². The Hall–Kier alpha value is -1.68. The molecule has 1 heterocycles. The predicted octanol–water partition coefficient (Wildman–Crippen LogP) is 12.5. The molecule has 0 amide bonds. The van der Waals surface area contributed by atoms with Crippen molar-refractivity contribution in [2.75, 3.05) is 26.4 Å². The van der Waals surface area contributed by atoms with Crippen molar-refractivity contribution in [2.24, 2.45) is 0 Å². The molecule has 0 aliphatic carbocycles. The van der Waals surface area contributed by atoms with Gasteiger partial charge in [-0.05, 0) is 70.6 Å². The maximum absolute atomic E-state index is 12.9. The van der Waals surface area contributed by atoms with E-state index in [0.717, 1.165) is 64.2 Å². The highest BCUT2D eigenvalue weighted by Crippen LogP contribution is 2.26. The summed E-state index contributed by atoms with van der Waals surface area (Å²) < 4.78 is 59.3. The zero-order valence-electron chi connectivity index (χ0n) is 41.8. The highest BCUT2D eigenvalue weighted by Gasteiger charge is 2.48. The van der Waals surface area contributed by atoms with Gasteiger partial charge in [-0.1, -0.05) is 192 Å². The molecular formula is C53H98O12S. The van der Waals surface area contributed by atoms with E-state index in [1.54, 1.807) is 0 Å². The van der Waals surface area contributed by atoms with Gasteiger partial charge >= 0.3 is 16.4 Å².